The number of hydrogen-bond acceptors (Lipinski definition) is 1. The molecule has 0 aromatic rings. The second-order valence-corrected chi connectivity index (χ2v) is 5.32. The van der Waals surface area contributed by atoms with E-state index >= 15 is 0 Å². The van der Waals surface area contributed by atoms with Crippen LogP contribution in [0.3, 0.4) is 0 Å². The highest BCUT2D eigenvalue weighted by atomic mass is 15.1. The smallest absolute Gasteiger partial charge is 0.00160 e. The Hall–Kier alpha value is -0.0400. The van der Waals surface area contributed by atoms with Crippen molar-refractivity contribution in [3.05, 3.63) is 0 Å². The zero-order valence-electron chi connectivity index (χ0n) is 9.89. The summed E-state index contributed by atoms with van der Waals surface area (Å²) in [5, 5.41) is 0. The third-order valence-electron chi connectivity index (χ3n) is 4.54. The zero-order chi connectivity index (χ0) is 10.0. The summed E-state index contributed by atoms with van der Waals surface area (Å²) < 4.78 is 0. The number of likely N-dealkylation sites (tertiary alicyclic amines) is 1. The summed E-state index contributed by atoms with van der Waals surface area (Å²) in [5.74, 6) is 1.07. The molecule has 0 spiro atoms. The maximum absolute atomic E-state index is 2.61. The molecule has 1 heteroatoms. The van der Waals surface area contributed by atoms with E-state index in [0.717, 1.165) is 11.3 Å². The molecule has 0 atom stereocenters. The van der Waals surface area contributed by atoms with E-state index in [2.05, 4.69) is 18.7 Å². The Morgan fingerprint density at radius 1 is 1.14 bits per heavy atom. The van der Waals surface area contributed by atoms with E-state index in [0.29, 0.717) is 0 Å². The molecule has 0 radical (unpaired) electrons. The molecule has 0 N–H and O–H groups in total. The van der Waals surface area contributed by atoms with E-state index in [4.69, 9.17) is 0 Å². The molecule has 2 rings (SSSR count). The van der Waals surface area contributed by atoms with Gasteiger partial charge in [-0.3, -0.25) is 0 Å². The lowest BCUT2D eigenvalue weighted by Crippen LogP contribution is -2.36. The Morgan fingerprint density at radius 3 is 2.21 bits per heavy atom. The largest absolute Gasteiger partial charge is 0.304 e. The molecular formula is C13H25N. The first-order valence-corrected chi connectivity index (χ1v) is 6.53. The molecule has 1 aliphatic carbocycles. The third-order valence-corrected chi connectivity index (χ3v) is 4.54. The van der Waals surface area contributed by atoms with Gasteiger partial charge >= 0.3 is 0 Å². The van der Waals surface area contributed by atoms with Gasteiger partial charge in [0.25, 0.3) is 0 Å². The van der Waals surface area contributed by atoms with Gasteiger partial charge in [-0.2, -0.15) is 0 Å². The summed E-state index contributed by atoms with van der Waals surface area (Å²) in [6, 6.07) is 0. The first-order chi connectivity index (χ1) is 6.80. The van der Waals surface area contributed by atoms with Gasteiger partial charge in [0.1, 0.15) is 0 Å². The van der Waals surface area contributed by atoms with Gasteiger partial charge in [-0.1, -0.05) is 20.3 Å². The SMILES string of the molecule is CCCC1(C2CCN(CC)CC2)CC1. The average molecular weight is 195 g/mol. The van der Waals surface area contributed by atoms with E-state index < -0.39 is 0 Å². The second kappa shape index (κ2) is 4.22. The fourth-order valence-corrected chi connectivity index (χ4v) is 3.38. The van der Waals surface area contributed by atoms with Gasteiger partial charge in [-0.25, -0.2) is 0 Å². The molecule has 1 heterocycles. The van der Waals surface area contributed by atoms with Gasteiger partial charge in [0.15, 0.2) is 0 Å². The van der Waals surface area contributed by atoms with Crippen molar-refractivity contribution in [2.45, 2.75) is 52.4 Å². The van der Waals surface area contributed by atoms with E-state index in [1.54, 1.807) is 0 Å². The predicted molar refractivity (Wildman–Crippen MR) is 61.4 cm³/mol. The Labute approximate surface area is 88.9 Å². The molecular weight excluding hydrogens is 170 g/mol. The Bertz CT molecular complexity index is 176. The van der Waals surface area contributed by atoms with Crippen LogP contribution in [0.2, 0.25) is 0 Å². The number of rotatable bonds is 4. The Kier molecular flexibility index (Phi) is 3.16. The van der Waals surface area contributed by atoms with Crippen molar-refractivity contribution in [3.8, 4) is 0 Å². The molecule has 0 amide bonds. The Balaban J connectivity index is 1.83. The van der Waals surface area contributed by atoms with Crippen molar-refractivity contribution in [3.63, 3.8) is 0 Å². The normalized spacial score (nSPS) is 27.9. The highest BCUT2D eigenvalue weighted by Gasteiger charge is 2.48. The molecule has 0 unspecified atom stereocenters. The molecule has 2 fully saturated rings. The van der Waals surface area contributed by atoms with Crippen LogP contribution < -0.4 is 0 Å². The minimum atomic E-state index is 0.828. The van der Waals surface area contributed by atoms with Crippen molar-refractivity contribution in [1.29, 1.82) is 0 Å². The van der Waals surface area contributed by atoms with Gasteiger partial charge < -0.3 is 4.90 Å². The van der Waals surface area contributed by atoms with Crippen molar-refractivity contribution < 1.29 is 0 Å². The van der Waals surface area contributed by atoms with Crippen LogP contribution >= 0.6 is 0 Å². The van der Waals surface area contributed by atoms with Crippen LogP contribution in [0.25, 0.3) is 0 Å². The number of piperidine rings is 1. The van der Waals surface area contributed by atoms with E-state index in [1.165, 1.54) is 58.2 Å². The van der Waals surface area contributed by atoms with Gasteiger partial charge in [-0.05, 0) is 63.1 Å². The number of hydrogen-bond donors (Lipinski definition) is 0. The topological polar surface area (TPSA) is 3.24 Å². The predicted octanol–water partition coefficient (Wildman–Crippen LogP) is 3.30. The molecule has 2 aliphatic rings. The number of nitrogens with zero attached hydrogens (tertiary/aromatic N) is 1. The molecule has 1 saturated heterocycles. The first-order valence-electron chi connectivity index (χ1n) is 6.53. The van der Waals surface area contributed by atoms with Gasteiger partial charge in [0.05, 0.1) is 0 Å². The average Bonchev–Trinajstić information content (AvgIpc) is 3.00. The van der Waals surface area contributed by atoms with Crippen molar-refractivity contribution >= 4 is 0 Å². The Morgan fingerprint density at radius 2 is 1.79 bits per heavy atom. The lowest BCUT2D eigenvalue weighted by atomic mass is 9.79. The highest BCUT2D eigenvalue weighted by molar-refractivity contribution is 4.99. The van der Waals surface area contributed by atoms with Crippen molar-refractivity contribution in [2.24, 2.45) is 11.3 Å². The molecule has 82 valence electrons. The van der Waals surface area contributed by atoms with Crippen LogP contribution in [0.5, 0.6) is 0 Å². The second-order valence-electron chi connectivity index (χ2n) is 5.32. The van der Waals surface area contributed by atoms with Gasteiger partial charge in [0, 0.05) is 0 Å². The van der Waals surface area contributed by atoms with Crippen molar-refractivity contribution in [1.82, 2.24) is 4.90 Å². The molecule has 1 saturated carbocycles. The first kappa shape index (κ1) is 10.5. The molecule has 1 aliphatic heterocycles. The maximum Gasteiger partial charge on any atom is -0.00160 e. The minimum Gasteiger partial charge on any atom is -0.304 e. The summed E-state index contributed by atoms with van der Waals surface area (Å²) in [7, 11) is 0. The van der Waals surface area contributed by atoms with Crippen LogP contribution in [0.1, 0.15) is 52.4 Å². The monoisotopic (exact) mass is 195 g/mol. The van der Waals surface area contributed by atoms with E-state index in [-0.39, 0.29) is 0 Å². The van der Waals surface area contributed by atoms with Gasteiger partial charge in [-0.15, -0.1) is 0 Å². The summed E-state index contributed by atoms with van der Waals surface area (Å²) in [4.78, 5) is 2.61. The molecule has 14 heavy (non-hydrogen) atoms. The molecule has 0 bridgehead atoms. The fourth-order valence-electron chi connectivity index (χ4n) is 3.38. The summed E-state index contributed by atoms with van der Waals surface area (Å²) in [6.45, 7) is 8.63. The van der Waals surface area contributed by atoms with E-state index in [9.17, 15) is 0 Å². The zero-order valence-corrected chi connectivity index (χ0v) is 9.89. The van der Waals surface area contributed by atoms with Crippen LogP contribution in [0, 0.1) is 11.3 Å². The van der Waals surface area contributed by atoms with Gasteiger partial charge in [0.2, 0.25) is 0 Å². The summed E-state index contributed by atoms with van der Waals surface area (Å²) in [5.41, 5.74) is 0.828. The highest BCUT2D eigenvalue weighted by Crippen LogP contribution is 2.58. The minimum absolute atomic E-state index is 0.828. The molecule has 0 aromatic heterocycles. The van der Waals surface area contributed by atoms with Crippen LogP contribution in [-0.2, 0) is 0 Å². The van der Waals surface area contributed by atoms with Crippen LogP contribution in [0.15, 0.2) is 0 Å². The van der Waals surface area contributed by atoms with Crippen LogP contribution in [-0.4, -0.2) is 24.5 Å². The summed E-state index contributed by atoms with van der Waals surface area (Å²) >= 11 is 0. The standard InChI is InChI=1S/C13H25N/c1-3-7-13(8-9-13)12-5-10-14(4-2)11-6-12/h12H,3-11H2,1-2H3. The fraction of sp³-hybridized carbons (Fsp3) is 1.00. The van der Waals surface area contributed by atoms with E-state index in [1.807, 2.05) is 0 Å². The van der Waals surface area contributed by atoms with Crippen molar-refractivity contribution in [2.75, 3.05) is 19.6 Å². The van der Waals surface area contributed by atoms with Crippen LogP contribution in [0.4, 0.5) is 0 Å². The maximum atomic E-state index is 2.61. The quantitative estimate of drug-likeness (QED) is 0.665. The lowest BCUT2D eigenvalue weighted by Gasteiger charge is -2.36. The molecule has 0 aromatic carbocycles. The lowest BCUT2D eigenvalue weighted by molar-refractivity contribution is 0.135. The summed E-state index contributed by atoms with van der Waals surface area (Å²) in [6.07, 6.45) is 8.94. The molecule has 1 nitrogen and oxygen atoms in total. The third kappa shape index (κ3) is 1.98.